The van der Waals surface area contributed by atoms with Gasteiger partial charge in [0, 0.05) is 5.56 Å². The van der Waals surface area contributed by atoms with Gasteiger partial charge >= 0.3 is 0 Å². The minimum atomic E-state index is 0.552. The molecular weight excluding hydrogens is 220 g/mol. The van der Waals surface area contributed by atoms with Gasteiger partial charge in [-0.1, -0.05) is 18.9 Å². The summed E-state index contributed by atoms with van der Waals surface area (Å²) in [5, 5.41) is 0. The van der Waals surface area contributed by atoms with Crippen LogP contribution in [0.5, 0.6) is 5.75 Å². The summed E-state index contributed by atoms with van der Waals surface area (Å²) in [5.41, 5.74) is 4.02. The first-order valence-electron chi connectivity index (χ1n) is 6.00. The predicted molar refractivity (Wildman–Crippen MR) is 68.5 cm³/mol. The number of hydrogen-bond acceptors (Lipinski definition) is 1. The van der Waals surface area contributed by atoms with Crippen LogP contribution in [0.4, 0.5) is 0 Å². The molecule has 1 aromatic rings. The fraction of sp³-hybridized carbons (Fsp3) is 0.571. The van der Waals surface area contributed by atoms with Crippen molar-refractivity contribution in [2.45, 2.75) is 44.4 Å². The first-order chi connectivity index (χ1) is 7.77. The van der Waals surface area contributed by atoms with Crippen molar-refractivity contribution in [3.63, 3.8) is 0 Å². The summed E-state index contributed by atoms with van der Waals surface area (Å²) in [6.07, 6.45) is 5.31. The molecule has 0 unspecified atom stereocenters. The average Bonchev–Trinajstić information content (AvgIpc) is 2.81. The van der Waals surface area contributed by atoms with Gasteiger partial charge < -0.3 is 4.74 Å². The minimum Gasteiger partial charge on any atom is -0.496 e. The number of halogens is 1. The Balaban J connectivity index is 2.47. The quantitative estimate of drug-likeness (QED) is 0.710. The number of benzene rings is 1. The molecule has 16 heavy (non-hydrogen) atoms. The SMILES string of the molecule is COc1ccc(C)c(C2CCCC2)c1CCl. The Labute approximate surface area is 103 Å². The summed E-state index contributed by atoms with van der Waals surface area (Å²) in [6, 6.07) is 4.19. The lowest BCUT2D eigenvalue weighted by Crippen LogP contribution is -2.03. The third kappa shape index (κ3) is 2.06. The van der Waals surface area contributed by atoms with E-state index in [9.17, 15) is 0 Å². The molecule has 0 heterocycles. The molecule has 1 aromatic carbocycles. The molecule has 0 N–H and O–H groups in total. The second-order valence-electron chi connectivity index (χ2n) is 4.59. The normalized spacial score (nSPS) is 16.7. The molecule has 0 amide bonds. The van der Waals surface area contributed by atoms with Crippen molar-refractivity contribution in [3.05, 3.63) is 28.8 Å². The van der Waals surface area contributed by atoms with Gasteiger partial charge in [0.25, 0.3) is 0 Å². The van der Waals surface area contributed by atoms with Gasteiger partial charge in [-0.05, 0) is 42.9 Å². The zero-order valence-electron chi connectivity index (χ0n) is 10.1. The lowest BCUT2D eigenvalue weighted by atomic mass is 9.89. The molecule has 1 nitrogen and oxygen atoms in total. The first-order valence-corrected chi connectivity index (χ1v) is 6.53. The maximum Gasteiger partial charge on any atom is 0.123 e. The highest BCUT2D eigenvalue weighted by Crippen LogP contribution is 2.40. The summed E-state index contributed by atoms with van der Waals surface area (Å²) in [7, 11) is 1.72. The number of methoxy groups -OCH3 is 1. The molecule has 1 aliphatic rings. The van der Waals surface area contributed by atoms with Crippen LogP contribution in [0.1, 0.15) is 48.3 Å². The first kappa shape index (κ1) is 11.8. The van der Waals surface area contributed by atoms with Gasteiger partial charge in [-0.2, -0.15) is 0 Å². The molecule has 1 fully saturated rings. The highest BCUT2D eigenvalue weighted by Gasteiger charge is 2.23. The van der Waals surface area contributed by atoms with Gasteiger partial charge in [0.05, 0.1) is 13.0 Å². The van der Waals surface area contributed by atoms with Crippen LogP contribution in [0, 0.1) is 6.92 Å². The van der Waals surface area contributed by atoms with Gasteiger partial charge in [0.2, 0.25) is 0 Å². The molecule has 2 rings (SSSR count). The van der Waals surface area contributed by atoms with Crippen molar-refractivity contribution in [1.82, 2.24) is 0 Å². The van der Waals surface area contributed by atoms with Crippen molar-refractivity contribution in [2.24, 2.45) is 0 Å². The molecule has 0 radical (unpaired) electrons. The summed E-state index contributed by atoms with van der Waals surface area (Å²) in [6.45, 7) is 2.18. The molecule has 1 aliphatic carbocycles. The summed E-state index contributed by atoms with van der Waals surface area (Å²) < 4.78 is 5.41. The Bertz CT molecular complexity index is 367. The van der Waals surface area contributed by atoms with Crippen molar-refractivity contribution in [1.29, 1.82) is 0 Å². The maximum absolute atomic E-state index is 6.09. The zero-order chi connectivity index (χ0) is 11.5. The second-order valence-corrected chi connectivity index (χ2v) is 4.86. The van der Waals surface area contributed by atoms with Crippen LogP contribution >= 0.6 is 11.6 Å². The van der Waals surface area contributed by atoms with Gasteiger partial charge in [0.1, 0.15) is 5.75 Å². The summed E-state index contributed by atoms with van der Waals surface area (Å²) in [4.78, 5) is 0. The topological polar surface area (TPSA) is 9.23 Å². The number of aryl methyl sites for hydroxylation is 1. The van der Waals surface area contributed by atoms with E-state index < -0.39 is 0 Å². The van der Waals surface area contributed by atoms with Crippen molar-refractivity contribution < 1.29 is 4.74 Å². The Morgan fingerprint density at radius 1 is 1.31 bits per heavy atom. The molecule has 0 saturated heterocycles. The van der Waals surface area contributed by atoms with Crippen molar-refractivity contribution >= 4 is 11.6 Å². The third-order valence-electron chi connectivity index (χ3n) is 3.65. The van der Waals surface area contributed by atoms with E-state index in [1.807, 2.05) is 6.07 Å². The van der Waals surface area contributed by atoms with Crippen LogP contribution in [0.25, 0.3) is 0 Å². The van der Waals surface area contributed by atoms with Gasteiger partial charge in [-0.15, -0.1) is 11.6 Å². The zero-order valence-corrected chi connectivity index (χ0v) is 10.8. The number of alkyl halides is 1. The van der Waals surface area contributed by atoms with E-state index in [0.29, 0.717) is 11.8 Å². The van der Waals surface area contributed by atoms with Crippen LogP contribution in [-0.2, 0) is 5.88 Å². The summed E-state index contributed by atoms with van der Waals surface area (Å²) >= 11 is 6.09. The molecule has 0 aromatic heterocycles. The van der Waals surface area contributed by atoms with Crippen LogP contribution in [0.15, 0.2) is 12.1 Å². The van der Waals surface area contributed by atoms with Crippen LogP contribution in [0.2, 0.25) is 0 Å². The van der Waals surface area contributed by atoms with E-state index >= 15 is 0 Å². The smallest absolute Gasteiger partial charge is 0.123 e. The molecule has 2 heteroatoms. The number of hydrogen-bond donors (Lipinski definition) is 0. The van der Waals surface area contributed by atoms with Crippen molar-refractivity contribution in [3.8, 4) is 5.75 Å². The second kappa shape index (κ2) is 5.09. The van der Waals surface area contributed by atoms with E-state index in [2.05, 4.69) is 13.0 Å². The maximum atomic E-state index is 6.09. The molecule has 88 valence electrons. The molecule has 0 spiro atoms. The lowest BCUT2D eigenvalue weighted by molar-refractivity contribution is 0.409. The largest absolute Gasteiger partial charge is 0.496 e. The Kier molecular flexibility index (Phi) is 3.75. The average molecular weight is 239 g/mol. The Morgan fingerprint density at radius 3 is 2.56 bits per heavy atom. The van der Waals surface area contributed by atoms with Crippen LogP contribution < -0.4 is 4.74 Å². The summed E-state index contributed by atoms with van der Waals surface area (Å²) in [5.74, 6) is 2.20. The molecule has 1 saturated carbocycles. The van der Waals surface area contributed by atoms with E-state index in [0.717, 1.165) is 5.75 Å². The predicted octanol–water partition coefficient (Wildman–Crippen LogP) is 4.40. The van der Waals surface area contributed by atoms with E-state index in [1.54, 1.807) is 7.11 Å². The highest BCUT2D eigenvalue weighted by molar-refractivity contribution is 6.17. The van der Waals surface area contributed by atoms with E-state index in [-0.39, 0.29) is 0 Å². The van der Waals surface area contributed by atoms with Crippen LogP contribution in [-0.4, -0.2) is 7.11 Å². The molecule has 0 atom stereocenters. The minimum absolute atomic E-state index is 0.552. The molecular formula is C14H19ClO. The Hall–Kier alpha value is -0.690. The third-order valence-corrected chi connectivity index (χ3v) is 3.92. The Morgan fingerprint density at radius 2 is 2.00 bits per heavy atom. The fourth-order valence-corrected chi connectivity index (χ4v) is 3.15. The number of rotatable bonds is 3. The van der Waals surface area contributed by atoms with Gasteiger partial charge in [0.15, 0.2) is 0 Å². The van der Waals surface area contributed by atoms with Crippen LogP contribution in [0.3, 0.4) is 0 Å². The van der Waals surface area contributed by atoms with E-state index in [4.69, 9.17) is 16.3 Å². The standard InChI is InChI=1S/C14H19ClO/c1-10-7-8-13(16-2)12(9-15)14(10)11-5-3-4-6-11/h7-8,11H,3-6,9H2,1-2H3. The van der Waals surface area contributed by atoms with Crippen molar-refractivity contribution in [2.75, 3.05) is 7.11 Å². The van der Waals surface area contributed by atoms with E-state index in [1.165, 1.54) is 42.4 Å². The highest BCUT2D eigenvalue weighted by atomic mass is 35.5. The van der Waals surface area contributed by atoms with Gasteiger partial charge in [-0.25, -0.2) is 0 Å². The van der Waals surface area contributed by atoms with Gasteiger partial charge in [-0.3, -0.25) is 0 Å². The lowest BCUT2D eigenvalue weighted by Gasteiger charge is -2.19. The molecule has 0 bridgehead atoms. The number of ether oxygens (including phenoxy) is 1. The monoisotopic (exact) mass is 238 g/mol. The molecule has 0 aliphatic heterocycles. The fourth-order valence-electron chi connectivity index (χ4n) is 2.87.